The van der Waals surface area contributed by atoms with Crippen LogP contribution in [0.2, 0.25) is 5.02 Å². The number of fused-ring (bicyclic) bond motifs is 2. The fraction of sp³-hybridized carbons (Fsp3) is 0.231. The van der Waals surface area contributed by atoms with Crippen LogP contribution in [0.1, 0.15) is 35.3 Å². The summed E-state index contributed by atoms with van der Waals surface area (Å²) in [6, 6.07) is 15.9. The van der Waals surface area contributed by atoms with Crippen LogP contribution in [0.4, 0.5) is 5.69 Å². The summed E-state index contributed by atoms with van der Waals surface area (Å²) in [6.45, 7) is 7.16. The standard InChI is InChI=1S/C26H24ClN3O3/c1-14(2)30-10-9-18-17(5-4-6-24(18)30)20-12-22-23(13-21(20)27)29-26(28-22)33-16-8-7-15(3)19(11-16)25(31)32/h4-8,11-14H,9-10H2,1-3H3,(H,28,29)(H,31,32). The minimum absolute atomic E-state index is 0.197. The van der Waals surface area contributed by atoms with Crippen molar-refractivity contribution in [1.29, 1.82) is 0 Å². The number of hydrogen-bond donors (Lipinski definition) is 2. The lowest BCUT2D eigenvalue weighted by Gasteiger charge is -2.24. The van der Waals surface area contributed by atoms with E-state index in [1.54, 1.807) is 19.1 Å². The smallest absolute Gasteiger partial charge is 0.336 e. The summed E-state index contributed by atoms with van der Waals surface area (Å²) in [5.74, 6) is -0.594. The molecule has 4 aromatic rings. The van der Waals surface area contributed by atoms with Gasteiger partial charge in [-0.2, -0.15) is 4.98 Å². The topological polar surface area (TPSA) is 78.5 Å². The average Bonchev–Trinajstić information content (AvgIpc) is 3.37. The Morgan fingerprint density at radius 2 is 2.00 bits per heavy atom. The van der Waals surface area contributed by atoms with Crippen molar-refractivity contribution in [2.75, 3.05) is 11.4 Å². The molecule has 5 rings (SSSR count). The monoisotopic (exact) mass is 461 g/mol. The molecule has 6 nitrogen and oxygen atoms in total. The summed E-state index contributed by atoms with van der Waals surface area (Å²) in [4.78, 5) is 21.5. The van der Waals surface area contributed by atoms with Crippen LogP contribution < -0.4 is 9.64 Å². The summed E-state index contributed by atoms with van der Waals surface area (Å²) in [5, 5.41) is 9.99. The van der Waals surface area contributed by atoms with Gasteiger partial charge in [0.15, 0.2) is 0 Å². The molecular weight excluding hydrogens is 438 g/mol. The number of nitrogens with one attached hydrogen (secondary N) is 1. The minimum Gasteiger partial charge on any atom is -0.478 e. The van der Waals surface area contributed by atoms with Crippen LogP contribution in [0.5, 0.6) is 11.8 Å². The van der Waals surface area contributed by atoms with Crippen LogP contribution in [0.15, 0.2) is 48.5 Å². The number of aromatic carboxylic acids is 1. The van der Waals surface area contributed by atoms with E-state index >= 15 is 0 Å². The fourth-order valence-corrected chi connectivity index (χ4v) is 4.78. The van der Waals surface area contributed by atoms with Crippen LogP contribution in [-0.4, -0.2) is 33.6 Å². The number of halogens is 1. The van der Waals surface area contributed by atoms with E-state index in [-0.39, 0.29) is 11.6 Å². The number of aryl methyl sites for hydroxylation is 1. The third kappa shape index (κ3) is 3.80. The quantitative estimate of drug-likeness (QED) is 0.357. The molecule has 1 aliphatic rings. The highest BCUT2D eigenvalue weighted by molar-refractivity contribution is 6.34. The van der Waals surface area contributed by atoms with Gasteiger partial charge in [-0.3, -0.25) is 0 Å². The Hall–Kier alpha value is -3.51. The summed E-state index contributed by atoms with van der Waals surface area (Å²) >= 11 is 6.71. The molecule has 2 heterocycles. The molecule has 3 aromatic carbocycles. The van der Waals surface area contributed by atoms with E-state index in [2.05, 4.69) is 46.9 Å². The van der Waals surface area contributed by atoms with Crippen molar-refractivity contribution >= 4 is 34.3 Å². The average molecular weight is 462 g/mol. The number of imidazole rings is 1. The second-order valence-corrected chi connectivity index (χ2v) is 9.02. The van der Waals surface area contributed by atoms with E-state index in [1.807, 2.05) is 12.1 Å². The molecule has 1 aromatic heterocycles. The highest BCUT2D eigenvalue weighted by Gasteiger charge is 2.25. The first kappa shape index (κ1) is 21.3. The van der Waals surface area contributed by atoms with Crippen LogP contribution in [0.25, 0.3) is 22.2 Å². The van der Waals surface area contributed by atoms with Crippen molar-refractivity contribution in [3.8, 4) is 22.9 Å². The third-order valence-electron chi connectivity index (χ3n) is 6.18. The first-order valence-corrected chi connectivity index (χ1v) is 11.3. The molecule has 0 unspecified atom stereocenters. The second kappa shape index (κ2) is 8.12. The lowest BCUT2D eigenvalue weighted by Crippen LogP contribution is -2.28. The van der Waals surface area contributed by atoms with Crippen LogP contribution in [0, 0.1) is 6.92 Å². The molecule has 0 atom stereocenters. The van der Waals surface area contributed by atoms with Gasteiger partial charge in [-0.1, -0.05) is 29.8 Å². The summed E-state index contributed by atoms with van der Waals surface area (Å²) in [5.41, 5.74) is 6.97. The SMILES string of the molecule is Cc1ccc(Oc2nc3cc(-c4cccc5c4CCN5C(C)C)c(Cl)cc3[nH]2)cc1C(=O)O. The van der Waals surface area contributed by atoms with Gasteiger partial charge in [0.05, 0.1) is 21.6 Å². The Labute approximate surface area is 196 Å². The molecule has 0 spiro atoms. The number of carboxylic acid groups (broad SMARTS) is 1. The zero-order valence-corrected chi connectivity index (χ0v) is 19.4. The Balaban J connectivity index is 1.52. The van der Waals surface area contributed by atoms with Crippen LogP contribution in [-0.2, 0) is 6.42 Å². The fourth-order valence-electron chi connectivity index (χ4n) is 4.52. The Morgan fingerprint density at radius 1 is 1.18 bits per heavy atom. The second-order valence-electron chi connectivity index (χ2n) is 8.62. The summed E-state index contributed by atoms with van der Waals surface area (Å²) < 4.78 is 5.83. The van der Waals surface area contributed by atoms with Gasteiger partial charge in [0.1, 0.15) is 5.75 Å². The number of rotatable bonds is 5. The molecule has 1 aliphatic heterocycles. The van der Waals surface area contributed by atoms with Crippen molar-refractivity contribution in [2.24, 2.45) is 0 Å². The lowest BCUT2D eigenvalue weighted by atomic mass is 9.97. The molecule has 168 valence electrons. The lowest BCUT2D eigenvalue weighted by molar-refractivity contribution is 0.0695. The van der Waals surface area contributed by atoms with Gasteiger partial charge in [-0.05, 0) is 74.2 Å². The minimum atomic E-state index is -0.995. The van der Waals surface area contributed by atoms with Crippen molar-refractivity contribution in [3.05, 3.63) is 70.2 Å². The molecule has 0 radical (unpaired) electrons. The van der Waals surface area contributed by atoms with Crippen molar-refractivity contribution < 1.29 is 14.6 Å². The molecule has 2 N–H and O–H groups in total. The molecule has 0 saturated carbocycles. The number of anilines is 1. The van der Waals surface area contributed by atoms with E-state index in [9.17, 15) is 9.90 Å². The summed E-state index contributed by atoms with van der Waals surface area (Å²) in [7, 11) is 0. The van der Waals surface area contributed by atoms with Crippen molar-refractivity contribution in [3.63, 3.8) is 0 Å². The van der Waals surface area contributed by atoms with Gasteiger partial charge < -0.3 is 19.7 Å². The molecule has 7 heteroatoms. The van der Waals surface area contributed by atoms with Gasteiger partial charge >= 0.3 is 5.97 Å². The van der Waals surface area contributed by atoms with E-state index in [0.29, 0.717) is 22.4 Å². The number of hydrogen-bond acceptors (Lipinski definition) is 4. The number of carboxylic acids is 1. The maximum absolute atomic E-state index is 11.4. The molecule has 0 amide bonds. The van der Waals surface area contributed by atoms with Crippen molar-refractivity contribution in [2.45, 2.75) is 33.2 Å². The third-order valence-corrected chi connectivity index (χ3v) is 6.49. The highest BCUT2D eigenvalue weighted by atomic mass is 35.5. The number of benzene rings is 3. The molecule has 0 aliphatic carbocycles. The molecule has 0 fully saturated rings. The van der Waals surface area contributed by atoms with Gasteiger partial charge in [-0.15, -0.1) is 0 Å². The number of aromatic amines is 1. The molecule has 0 saturated heterocycles. The maximum atomic E-state index is 11.4. The maximum Gasteiger partial charge on any atom is 0.336 e. The Morgan fingerprint density at radius 3 is 2.76 bits per heavy atom. The van der Waals surface area contributed by atoms with Crippen molar-refractivity contribution in [1.82, 2.24) is 9.97 Å². The predicted octanol–water partition coefficient (Wildman–Crippen LogP) is 6.45. The zero-order chi connectivity index (χ0) is 23.3. The Kier molecular flexibility index (Phi) is 5.25. The Bertz CT molecular complexity index is 1390. The summed E-state index contributed by atoms with van der Waals surface area (Å²) in [6.07, 6.45) is 0.978. The van der Waals surface area contributed by atoms with Gasteiger partial charge in [-0.25, -0.2) is 4.79 Å². The first-order chi connectivity index (χ1) is 15.8. The largest absolute Gasteiger partial charge is 0.478 e. The van der Waals surface area contributed by atoms with Gasteiger partial charge in [0.25, 0.3) is 6.01 Å². The zero-order valence-electron chi connectivity index (χ0n) is 18.6. The van der Waals surface area contributed by atoms with E-state index in [4.69, 9.17) is 16.3 Å². The number of H-pyrrole nitrogens is 1. The number of carbonyl (C=O) groups is 1. The van der Waals surface area contributed by atoms with E-state index in [0.717, 1.165) is 35.1 Å². The van der Waals surface area contributed by atoms with Gasteiger partial charge in [0, 0.05) is 23.8 Å². The normalized spacial score (nSPS) is 13.1. The molecular formula is C26H24ClN3O3. The highest BCUT2D eigenvalue weighted by Crippen LogP contribution is 2.41. The molecule has 0 bridgehead atoms. The van der Waals surface area contributed by atoms with Gasteiger partial charge in [0.2, 0.25) is 0 Å². The van der Waals surface area contributed by atoms with E-state index in [1.165, 1.54) is 17.3 Å². The first-order valence-electron chi connectivity index (χ1n) is 10.9. The van der Waals surface area contributed by atoms with Crippen LogP contribution >= 0.6 is 11.6 Å². The number of ether oxygens (including phenoxy) is 1. The molecule has 33 heavy (non-hydrogen) atoms. The number of aromatic nitrogens is 2. The predicted molar refractivity (Wildman–Crippen MR) is 131 cm³/mol. The number of nitrogens with zero attached hydrogens (tertiary/aromatic N) is 2. The van der Waals surface area contributed by atoms with Crippen LogP contribution in [0.3, 0.4) is 0 Å². The van der Waals surface area contributed by atoms with E-state index < -0.39 is 5.97 Å².